The molecule has 0 aromatic carbocycles. The molecule has 0 saturated carbocycles. The topological polar surface area (TPSA) is 38.3 Å². The Morgan fingerprint density at radius 2 is 1.63 bits per heavy atom. The van der Waals surface area contributed by atoms with Crippen LogP contribution >= 0.6 is 0 Å². The third-order valence-electron chi connectivity index (χ3n) is 3.36. The molecular formula is C16H33NO2. The maximum atomic E-state index is 11.6. The van der Waals surface area contributed by atoms with Crippen LogP contribution in [-0.2, 0) is 9.53 Å². The molecule has 1 atom stereocenters. The number of esters is 1. The lowest BCUT2D eigenvalue weighted by Gasteiger charge is -2.18. The normalized spacial score (nSPS) is 12.7. The minimum absolute atomic E-state index is 0.128. The summed E-state index contributed by atoms with van der Waals surface area (Å²) in [6, 6.07) is -0.134. The van der Waals surface area contributed by atoms with Crippen molar-refractivity contribution < 1.29 is 9.53 Å². The molecule has 114 valence electrons. The molecule has 1 N–H and O–H groups in total. The molecular weight excluding hydrogens is 238 g/mol. The Bertz CT molecular complexity index is 217. The van der Waals surface area contributed by atoms with E-state index < -0.39 is 0 Å². The molecule has 3 heteroatoms. The fraction of sp³-hybridized carbons (Fsp3) is 0.938. The number of methoxy groups -OCH3 is 1. The van der Waals surface area contributed by atoms with Crippen LogP contribution in [0.1, 0.15) is 72.1 Å². The van der Waals surface area contributed by atoms with Gasteiger partial charge in [-0.1, -0.05) is 59.3 Å². The smallest absolute Gasteiger partial charge is 0.322 e. The van der Waals surface area contributed by atoms with Crippen molar-refractivity contribution in [1.82, 2.24) is 5.32 Å². The van der Waals surface area contributed by atoms with Gasteiger partial charge in [0, 0.05) is 0 Å². The molecule has 0 rings (SSSR count). The third-order valence-corrected chi connectivity index (χ3v) is 3.36. The summed E-state index contributed by atoms with van der Waals surface area (Å²) in [7, 11) is 1.46. The van der Waals surface area contributed by atoms with E-state index in [9.17, 15) is 4.79 Å². The van der Waals surface area contributed by atoms with Gasteiger partial charge in [-0.05, 0) is 25.3 Å². The molecule has 0 aromatic rings. The quantitative estimate of drug-likeness (QED) is 0.432. The first-order valence-corrected chi connectivity index (χ1v) is 7.93. The van der Waals surface area contributed by atoms with Crippen LogP contribution < -0.4 is 5.32 Å². The van der Waals surface area contributed by atoms with E-state index in [2.05, 4.69) is 26.1 Å². The molecule has 0 aliphatic heterocycles. The number of ether oxygens (including phenoxy) is 1. The second kappa shape index (κ2) is 12.5. The molecule has 0 saturated heterocycles. The fourth-order valence-electron chi connectivity index (χ4n) is 2.23. The van der Waals surface area contributed by atoms with Gasteiger partial charge in [-0.25, -0.2) is 0 Å². The first kappa shape index (κ1) is 18.4. The van der Waals surface area contributed by atoms with E-state index in [4.69, 9.17) is 4.74 Å². The Morgan fingerprint density at radius 1 is 1.05 bits per heavy atom. The second-order valence-electron chi connectivity index (χ2n) is 5.78. The van der Waals surface area contributed by atoms with Gasteiger partial charge in [0.15, 0.2) is 0 Å². The molecule has 0 aromatic heterocycles. The van der Waals surface area contributed by atoms with Crippen LogP contribution in [0, 0.1) is 5.92 Å². The van der Waals surface area contributed by atoms with E-state index in [0.29, 0.717) is 5.92 Å². The monoisotopic (exact) mass is 271 g/mol. The summed E-state index contributed by atoms with van der Waals surface area (Å²) in [5.41, 5.74) is 0. The molecule has 0 bridgehead atoms. The second-order valence-corrected chi connectivity index (χ2v) is 5.78. The Labute approximate surface area is 119 Å². The standard InChI is InChI=1S/C16H33NO2/c1-5-6-7-8-9-10-11-12-17-15(13-14(2)3)16(18)19-4/h14-15,17H,5-13H2,1-4H3. The van der Waals surface area contributed by atoms with Crippen LogP contribution in [0.15, 0.2) is 0 Å². The van der Waals surface area contributed by atoms with Crippen LogP contribution in [0.3, 0.4) is 0 Å². The maximum absolute atomic E-state index is 11.6. The van der Waals surface area contributed by atoms with Crippen molar-refractivity contribution in [3.05, 3.63) is 0 Å². The zero-order valence-electron chi connectivity index (χ0n) is 13.3. The average Bonchev–Trinajstić information content (AvgIpc) is 2.39. The van der Waals surface area contributed by atoms with Crippen LogP contribution in [0.2, 0.25) is 0 Å². The highest BCUT2D eigenvalue weighted by Crippen LogP contribution is 2.08. The zero-order valence-corrected chi connectivity index (χ0v) is 13.3. The Hall–Kier alpha value is -0.570. The van der Waals surface area contributed by atoms with E-state index in [-0.39, 0.29) is 12.0 Å². The first-order valence-electron chi connectivity index (χ1n) is 7.93. The summed E-state index contributed by atoms with van der Waals surface area (Å²) in [6.07, 6.45) is 9.94. The number of hydrogen-bond donors (Lipinski definition) is 1. The van der Waals surface area contributed by atoms with Crippen LogP contribution in [0.5, 0.6) is 0 Å². The predicted octanol–water partition coefficient (Wildman–Crippen LogP) is 3.91. The first-order chi connectivity index (χ1) is 9.11. The van der Waals surface area contributed by atoms with Crippen molar-refractivity contribution in [3.8, 4) is 0 Å². The largest absolute Gasteiger partial charge is 0.468 e. The van der Waals surface area contributed by atoms with Crippen LogP contribution in [0.4, 0.5) is 0 Å². The molecule has 3 nitrogen and oxygen atoms in total. The summed E-state index contributed by atoms with van der Waals surface area (Å²) in [4.78, 5) is 11.6. The Morgan fingerprint density at radius 3 is 2.16 bits per heavy atom. The summed E-state index contributed by atoms with van der Waals surface area (Å²) >= 11 is 0. The Kier molecular flexibility index (Phi) is 12.1. The molecule has 0 aliphatic carbocycles. The van der Waals surface area contributed by atoms with Gasteiger partial charge >= 0.3 is 5.97 Å². The minimum Gasteiger partial charge on any atom is -0.468 e. The lowest BCUT2D eigenvalue weighted by atomic mass is 10.0. The average molecular weight is 271 g/mol. The highest BCUT2D eigenvalue weighted by atomic mass is 16.5. The number of carbonyl (C=O) groups excluding carboxylic acids is 1. The van der Waals surface area contributed by atoms with Gasteiger partial charge in [0.1, 0.15) is 6.04 Å². The number of rotatable bonds is 12. The molecule has 0 amide bonds. The maximum Gasteiger partial charge on any atom is 0.322 e. The van der Waals surface area contributed by atoms with Crippen molar-refractivity contribution >= 4 is 5.97 Å². The molecule has 0 radical (unpaired) electrons. The molecule has 19 heavy (non-hydrogen) atoms. The molecule has 0 fully saturated rings. The van der Waals surface area contributed by atoms with Gasteiger partial charge in [0.05, 0.1) is 7.11 Å². The number of unbranched alkanes of at least 4 members (excludes halogenated alkanes) is 6. The predicted molar refractivity (Wildman–Crippen MR) is 81.3 cm³/mol. The summed E-state index contributed by atoms with van der Waals surface area (Å²) in [6.45, 7) is 7.42. The lowest BCUT2D eigenvalue weighted by Crippen LogP contribution is -2.39. The molecule has 0 aliphatic rings. The number of carbonyl (C=O) groups is 1. The van der Waals surface area contributed by atoms with E-state index >= 15 is 0 Å². The van der Waals surface area contributed by atoms with Gasteiger partial charge in [0.25, 0.3) is 0 Å². The van der Waals surface area contributed by atoms with E-state index in [1.807, 2.05) is 0 Å². The minimum atomic E-state index is -0.134. The van der Waals surface area contributed by atoms with Gasteiger partial charge < -0.3 is 10.1 Å². The summed E-state index contributed by atoms with van der Waals surface area (Å²) in [5, 5.41) is 3.33. The van der Waals surface area contributed by atoms with Gasteiger partial charge in [0.2, 0.25) is 0 Å². The SMILES string of the molecule is CCCCCCCCCNC(CC(C)C)C(=O)OC. The number of hydrogen-bond acceptors (Lipinski definition) is 3. The summed E-state index contributed by atoms with van der Waals surface area (Å²) in [5.74, 6) is 0.377. The van der Waals surface area contributed by atoms with Crippen molar-refractivity contribution in [3.63, 3.8) is 0 Å². The zero-order chi connectivity index (χ0) is 14.5. The third kappa shape index (κ3) is 11.0. The van der Waals surface area contributed by atoms with Crippen molar-refractivity contribution in [2.75, 3.05) is 13.7 Å². The summed E-state index contributed by atoms with van der Waals surface area (Å²) < 4.78 is 4.83. The van der Waals surface area contributed by atoms with E-state index in [1.165, 1.54) is 45.6 Å². The van der Waals surface area contributed by atoms with Crippen molar-refractivity contribution in [2.45, 2.75) is 78.2 Å². The molecule has 1 unspecified atom stereocenters. The molecule has 0 heterocycles. The van der Waals surface area contributed by atoms with Crippen molar-refractivity contribution in [1.29, 1.82) is 0 Å². The number of nitrogens with one attached hydrogen (secondary N) is 1. The van der Waals surface area contributed by atoms with Gasteiger partial charge in [-0.2, -0.15) is 0 Å². The van der Waals surface area contributed by atoms with Crippen LogP contribution in [0.25, 0.3) is 0 Å². The highest BCUT2D eigenvalue weighted by Gasteiger charge is 2.19. The van der Waals surface area contributed by atoms with Crippen molar-refractivity contribution in [2.24, 2.45) is 5.92 Å². The molecule has 0 spiro atoms. The Balaban J connectivity index is 3.61. The van der Waals surface area contributed by atoms with E-state index in [0.717, 1.165) is 19.4 Å². The van der Waals surface area contributed by atoms with Crippen LogP contribution in [-0.4, -0.2) is 25.7 Å². The highest BCUT2D eigenvalue weighted by molar-refractivity contribution is 5.75. The lowest BCUT2D eigenvalue weighted by molar-refractivity contribution is -0.143. The van der Waals surface area contributed by atoms with Gasteiger partial charge in [-0.15, -0.1) is 0 Å². The fourth-order valence-corrected chi connectivity index (χ4v) is 2.23. The van der Waals surface area contributed by atoms with E-state index in [1.54, 1.807) is 0 Å². The van der Waals surface area contributed by atoms with Gasteiger partial charge in [-0.3, -0.25) is 4.79 Å².